The first-order chi connectivity index (χ1) is 36.2. The predicted octanol–water partition coefficient (Wildman–Crippen LogP) is 16.8. The van der Waals surface area contributed by atoms with Crippen LogP contribution in [0.1, 0.15) is 213 Å². The highest BCUT2D eigenvalue weighted by atomic mass is 31.2. The second-order valence-corrected chi connectivity index (χ2v) is 19.8. The van der Waals surface area contributed by atoms with Crippen LogP contribution in [0.25, 0.3) is 0 Å². The van der Waals surface area contributed by atoms with E-state index in [4.69, 9.17) is 23.3 Å². The molecule has 0 rings (SSSR count). The Hall–Kier alpha value is -4.12. The number of ether oxygens (including phenoxy) is 3. The molecule has 3 unspecified atom stereocenters. The van der Waals surface area contributed by atoms with Gasteiger partial charge < -0.3 is 24.2 Å². The van der Waals surface area contributed by atoms with Crippen LogP contribution in [0.5, 0.6) is 0 Å². The molecule has 0 heterocycles. The van der Waals surface area contributed by atoms with Gasteiger partial charge in [0.15, 0.2) is 6.10 Å². The molecule has 0 bridgehead atoms. The standard InChI is InChI=1S/C62H101O11P/c1-4-7-10-13-16-19-22-25-27-28-29-30-32-34-36-39-42-45-48-51-60(64)69-55-59(73-62(66)53-50-47-44-41-38-35-31-26-23-20-17-14-11-8-5-2)57-71-74(67,68)70-56-58(54-63)72-61(65)52-49-46-43-40-37-33-24-21-18-15-12-9-6-3/h7,9-10,12,16-21,25-27,29-31,33-34,36-37,58-59,63H,4-6,8,11,13-15,22-24,28,32,35,38-57H2,1-3H3,(H,67,68)/b10-7-,12-9-,19-16-,20-17-,21-18-,27-25-,30-29-,31-26-,36-34-,37-33-. The van der Waals surface area contributed by atoms with E-state index in [1.54, 1.807) is 0 Å². The van der Waals surface area contributed by atoms with E-state index in [2.05, 4.69) is 142 Å². The van der Waals surface area contributed by atoms with Gasteiger partial charge in [0.25, 0.3) is 0 Å². The summed E-state index contributed by atoms with van der Waals surface area (Å²) in [6, 6.07) is 0. The van der Waals surface area contributed by atoms with Crippen LogP contribution in [0.2, 0.25) is 0 Å². The van der Waals surface area contributed by atoms with Crippen molar-refractivity contribution in [2.24, 2.45) is 0 Å². The Morgan fingerprint density at radius 1 is 0.392 bits per heavy atom. The molecule has 0 radical (unpaired) electrons. The summed E-state index contributed by atoms with van der Waals surface area (Å²) < 4.78 is 39.4. The summed E-state index contributed by atoms with van der Waals surface area (Å²) in [5, 5.41) is 9.80. The monoisotopic (exact) mass is 1050 g/mol. The molecule has 74 heavy (non-hydrogen) atoms. The van der Waals surface area contributed by atoms with Gasteiger partial charge in [-0.25, -0.2) is 4.57 Å². The fraction of sp³-hybridized carbons (Fsp3) is 0.629. The van der Waals surface area contributed by atoms with Gasteiger partial charge in [0.05, 0.1) is 19.8 Å². The van der Waals surface area contributed by atoms with E-state index < -0.39 is 57.8 Å². The number of hydrogen-bond donors (Lipinski definition) is 2. The van der Waals surface area contributed by atoms with Crippen molar-refractivity contribution in [3.05, 3.63) is 122 Å². The first kappa shape index (κ1) is 69.9. The zero-order valence-corrected chi connectivity index (χ0v) is 47.2. The molecule has 0 aliphatic carbocycles. The molecule has 0 fully saturated rings. The van der Waals surface area contributed by atoms with Gasteiger partial charge >= 0.3 is 25.7 Å². The third-order valence-electron chi connectivity index (χ3n) is 11.3. The third kappa shape index (κ3) is 52.7. The number of phosphoric acid groups is 1. The minimum absolute atomic E-state index is 0.132. The van der Waals surface area contributed by atoms with Crippen molar-refractivity contribution in [2.75, 3.05) is 26.4 Å². The molecule has 3 atom stereocenters. The largest absolute Gasteiger partial charge is 0.472 e. The molecule has 0 aliphatic heterocycles. The lowest BCUT2D eigenvalue weighted by atomic mass is 10.1. The van der Waals surface area contributed by atoms with Crippen molar-refractivity contribution >= 4 is 25.7 Å². The Kier molecular flexibility index (Phi) is 52.1. The van der Waals surface area contributed by atoms with Crippen molar-refractivity contribution in [1.29, 1.82) is 0 Å². The Morgan fingerprint density at radius 2 is 0.703 bits per heavy atom. The van der Waals surface area contributed by atoms with Crippen molar-refractivity contribution in [2.45, 2.75) is 226 Å². The lowest BCUT2D eigenvalue weighted by Gasteiger charge is -2.21. The summed E-state index contributed by atoms with van der Waals surface area (Å²) >= 11 is 0. The number of unbranched alkanes of at least 4 members (excludes halogenated alkanes) is 14. The highest BCUT2D eigenvalue weighted by Gasteiger charge is 2.28. The highest BCUT2D eigenvalue weighted by molar-refractivity contribution is 7.47. The van der Waals surface area contributed by atoms with Crippen LogP contribution >= 0.6 is 7.82 Å². The lowest BCUT2D eigenvalue weighted by Crippen LogP contribution is -2.30. The van der Waals surface area contributed by atoms with Crippen molar-refractivity contribution in [3.63, 3.8) is 0 Å². The molecule has 0 saturated heterocycles. The van der Waals surface area contributed by atoms with Gasteiger partial charge in [0.2, 0.25) is 0 Å². The number of carbonyl (C=O) groups excluding carboxylic acids is 3. The normalized spacial score (nSPS) is 14.3. The minimum atomic E-state index is -4.77. The predicted molar refractivity (Wildman–Crippen MR) is 306 cm³/mol. The Morgan fingerprint density at radius 3 is 1.09 bits per heavy atom. The fourth-order valence-corrected chi connectivity index (χ4v) is 7.86. The number of phosphoric ester groups is 1. The summed E-state index contributed by atoms with van der Waals surface area (Å²) in [5.74, 6) is -1.56. The van der Waals surface area contributed by atoms with Crippen LogP contribution in [0, 0.1) is 0 Å². The molecule has 11 nitrogen and oxygen atoms in total. The maximum atomic E-state index is 12.9. The van der Waals surface area contributed by atoms with Crippen molar-refractivity contribution < 1.29 is 52.2 Å². The number of allylic oxidation sites excluding steroid dienone is 20. The maximum absolute atomic E-state index is 12.9. The van der Waals surface area contributed by atoms with Crippen molar-refractivity contribution in [3.8, 4) is 0 Å². The SMILES string of the molecule is CC/C=C\C/C=C\C/C=C\C/C=C\C/C=C\CCCCCC(=O)OCC(COP(=O)(O)OCC(CO)OC(=O)CCCCC/C=C\C/C=C\C/C=C\CC)OC(=O)CCCCCCC/C=C\C/C=C\CCCCC. The zero-order chi connectivity index (χ0) is 54.1. The van der Waals surface area contributed by atoms with Crippen LogP contribution < -0.4 is 0 Å². The number of hydrogen-bond acceptors (Lipinski definition) is 10. The van der Waals surface area contributed by atoms with Crippen molar-refractivity contribution in [1.82, 2.24) is 0 Å². The summed E-state index contributed by atoms with van der Waals surface area (Å²) in [6.45, 7) is 4.28. The summed E-state index contributed by atoms with van der Waals surface area (Å²) in [6.07, 6.45) is 67.3. The Balaban J connectivity index is 4.85. The topological polar surface area (TPSA) is 155 Å². The highest BCUT2D eigenvalue weighted by Crippen LogP contribution is 2.43. The van der Waals surface area contributed by atoms with E-state index in [-0.39, 0.29) is 25.9 Å². The number of esters is 3. The minimum Gasteiger partial charge on any atom is -0.462 e. The third-order valence-corrected chi connectivity index (χ3v) is 12.3. The molecule has 0 aromatic heterocycles. The maximum Gasteiger partial charge on any atom is 0.472 e. The smallest absolute Gasteiger partial charge is 0.462 e. The molecule has 0 aromatic rings. The van der Waals surface area contributed by atoms with Crippen LogP contribution in [0.3, 0.4) is 0 Å². The van der Waals surface area contributed by atoms with Crippen LogP contribution in [-0.2, 0) is 42.2 Å². The van der Waals surface area contributed by atoms with E-state index in [1.807, 2.05) is 0 Å². The van der Waals surface area contributed by atoms with E-state index in [0.717, 1.165) is 135 Å². The van der Waals surface area contributed by atoms with Gasteiger partial charge in [-0.1, -0.05) is 187 Å². The summed E-state index contributed by atoms with van der Waals surface area (Å²) in [4.78, 5) is 48.5. The first-order valence-corrected chi connectivity index (χ1v) is 29.9. The van der Waals surface area contributed by atoms with E-state index in [0.29, 0.717) is 19.3 Å². The molecule has 420 valence electrons. The molecule has 0 amide bonds. The lowest BCUT2D eigenvalue weighted by molar-refractivity contribution is -0.161. The second kappa shape index (κ2) is 55.1. The Bertz CT molecular complexity index is 1700. The van der Waals surface area contributed by atoms with Gasteiger partial charge in [-0.05, 0) is 128 Å². The molecule has 0 saturated carbocycles. The number of rotatable bonds is 51. The average molecular weight is 1050 g/mol. The van der Waals surface area contributed by atoms with Crippen LogP contribution in [0.15, 0.2) is 122 Å². The van der Waals surface area contributed by atoms with Crippen LogP contribution in [0.4, 0.5) is 0 Å². The summed E-state index contributed by atoms with van der Waals surface area (Å²) in [5.41, 5.74) is 0. The number of carbonyl (C=O) groups is 3. The second-order valence-electron chi connectivity index (χ2n) is 18.3. The first-order valence-electron chi connectivity index (χ1n) is 28.4. The average Bonchev–Trinajstić information content (AvgIpc) is 3.39. The molecule has 0 aromatic carbocycles. The van der Waals surface area contributed by atoms with Crippen LogP contribution in [-0.4, -0.2) is 66.5 Å². The van der Waals surface area contributed by atoms with E-state index in [9.17, 15) is 28.9 Å². The quantitative estimate of drug-likeness (QED) is 0.0197. The molecular formula is C62H101O11P. The molecule has 12 heteroatoms. The van der Waals surface area contributed by atoms with E-state index >= 15 is 0 Å². The molecule has 0 aliphatic rings. The Labute approximate surface area is 449 Å². The van der Waals surface area contributed by atoms with E-state index in [1.165, 1.54) is 19.3 Å². The van der Waals surface area contributed by atoms with Gasteiger partial charge in [-0.15, -0.1) is 0 Å². The van der Waals surface area contributed by atoms with Gasteiger partial charge in [0.1, 0.15) is 12.7 Å². The number of aliphatic hydroxyl groups is 1. The van der Waals surface area contributed by atoms with Gasteiger partial charge in [-0.2, -0.15) is 0 Å². The fourth-order valence-electron chi connectivity index (χ4n) is 7.07. The molecule has 2 N–H and O–H groups in total. The molecule has 0 spiro atoms. The van der Waals surface area contributed by atoms with Gasteiger partial charge in [0, 0.05) is 19.3 Å². The van der Waals surface area contributed by atoms with Gasteiger partial charge in [-0.3, -0.25) is 23.4 Å². The summed E-state index contributed by atoms with van der Waals surface area (Å²) in [7, 11) is -4.77. The number of aliphatic hydroxyl groups excluding tert-OH is 1. The zero-order valence-electron chi connectivity index (χ0n) is 46.3. The molecular weight excluding hydrogens is 952 g/mol.